The zero-order valence-corrected chi connectivity index (χ0v) is 13.2. The Morgan fingerprint density at radius 3 is 2.79 bits per heavy atom. The fourth-order valence-electron chi connectivity index (χ4n) is 2.04. The minimum absolute atomic E-state index is 0.343. The summed E-state index contributed by atoms with van der Waals surface area (Å²) in [6.45, 7) is 1.64. The molecular weight excluding hydrogens is 328 g/mol. The van der Waals surface area contributed by atoms with Crippen LogP contribution < -0.4 is 5.32 Å². The number of hydrogen-bond donors (Lipinski definition) is 1. The predicted octanol–water partition coefficient (Wildman–Crippen LogP) is 2.12. The van der Waals surface area contributed by atoms with Crippen LogP contribution in [0.1, 0.15) is 12.0 Å². The number of hydrogen-bond acceptors (Lipinski definition) is 3. The van der Waals surface area contributed by atoms with Crippen LogP contribution >= 0.6 is 15.9 Å². The Balaban J connectivity index is 2.38. The highest BCUT2D eigenvalue weighted by atomic mass is 79.9. The zero-order chi connectivity index (χ0) is 13.9. The van der Waals surface area contributed by atoms with Crippen LogP contribution in [0.3, 0.4) is 0 Å². The summed E-state index contributed by atoms with van der Waals surface area (Å²) in [5, 5.41) is 3.03. The van der Waals surface area contributed by atoms with Crippen molar-refractivity contribution in [3.63, 3.8) is 0 Å². The van der Waals surface area contributed by atoms with Crippen molar-refractivity contribution in [3.05, 3.63) is 40.4 Å². The highest BCUT2D eigenvalue weighted by Crippen LogP contribution is 2.27. The van der Waals surface area contributed by atoms with Gasteiger partial charge in [-0.15, -0.1) is 0 Å². The van der Waals surface area contributed by atoms with Gasteiger partial charge >= 0.3 is 0 Å². The smallest absolute Gasteiger partial charge is 0.244 e. The summed E-state index contributed by atoms with van der Waals surface area (Å²) in [4.78, 5) is 0.343. The number of benzene rings is 1. The summed E-state index contributed by atoms with van der Waals surface area (Å²) in [6.07, 6.45) is 4.68. The van der Waals surface area contributed by atoms with Gasteiger partial charge in [0.25, 0.3) is 0 Å². The second-order valence-corrected chi connectivity index (χ2v) is 7.18. The molecular formula is C13H17BrN2O2S. The van der Waals surface area contributed by atoms with Gasteiger partial charge in [-0.1, -0.05) is 18.2 Å². The van der Waals surface area contributed by atoms with Gasteiger partial charge in [-0.2, -0.15) is 4.31 Å². The average molecular weight is 345 g/mol. The molecule has 1 heterocycles. The maximum Gasteiger partial charge on any atom is 0.244 e. The fourth-order valence-corrected chi connectivity index (χ4v) is 4.42. The average Bonchev–Trinajstić information content (AvgIpc) is 2.42. The molecule has 0 fully saturated rings. The van der Waals surface area contributed by atoms with Crippen molar-refractivity contribution in [2.75, 3.05) is 20.1 Å². The Bertz CT molecular complexity index is 584. The number of nitrogens with one attached hydrogen (secondary N) is 1. The number of nitrogens with zero attached hydrogens (tertiary/aromatic N) is 1. The molecule has 4 nitrogen and oxygen atoms in total. The third-order valence-electron chi connectivity index (χ3n) is 3.02. The van der Waals surface area contributed by atoms with Gasteiger partial charge in [0.05, 0.1) is 4.90 Å². The van der Waals surface area contributed by atoms with Gasteiger partial charge in [0.2, 0.25) is 10.0 Å². The molecule has 1 aliphatic rings. The largest absolute Gasteiger partial charge is 0.316 e. The molecule has 0 aliphatic carbocycles. The van der Waals surface area contributed by atoms with Crippen LogP contribution in [0.5, 0.6) is 0 Å². The molecule has 0 spiro atoms. The van der Waals surface area contributed by atoms with Crippen LogP contribution in [-0.2, 0) is 16.6 Å². The van der Waals surface area contributed by atoms with Crippen molar-refractivity contribution in [2.24, 2.45) is 0 Å². The summed E-state index contributed by atoms with van der Waals surface area (Å²) in [5.41, 5.74) is 0.955. The van der Waals surface area contributed by atoms with Gasteiger partial charge in [0, 0.05) is 24.1 Å². The van der Waals surface area contributed by atoms with E-state index in [9.17, 15) is 8.42 Å². The van der Waals surface area contributed by atoms with Crippen molar-refractivity contribution < 1.29 is 8.42 Å². The van der Waals surface area contributed by atoms with Gasteiger partial charge in [-0.05, 0) is 47.1 Å². The molecule has 0 saturated carbocycles. The summed E-state index contributed by atoms with van der Waals surface area (Å²) in [5.74, 6) is 0. The maximum absolute atomic E-state index is 12.6. The van der Waals surface area contributed by atoms with E-state index in [2.05, 4.69) is 21.2 Å². The topological polar surface area (TPSA) is 49.4 Å². The van der Waals surface area contributed by atoms with Crippen molar-refractivity contribution in [1.82, 2.24) is 9.62 Å². The summed E-state index contributed by atoms with van der Waals surface area (Å²) < 4.78 is 27.3. The molecule has 1 aliphatic heterocycles. The highest BCUT2D eigenvalue weighted by Gasteiger charge is 2.26. The first-order valence-corrected chi connectivity index (χ1v) is 8.37. The van der Waals surface area contributed by atoms with Crippen LogP contribution in [0.25, 0.3) is 0 Å². The molecule has 104 valence electrons. The monoisotopic (exact) mass is 344 g/mol. The van der Waals surface area contributed by atoms with Crippen molar-refractivity contribution in [2.45, 2.75) is 17.9 Å². The number of halogens is 1. The van der Waals surface area contributed by atoms with Crippen LogP contribution in [0.2, 0.25) is 0 Å². The summed E-state index contributed by atoms with van der Waals surface area (Å²) in [7, 11) is -1.59. The molecule has 1 N–H and O–H groups in total. The van der Waals surface area contributed by atoms with Crippen molar-refractivity contribution >= 4 is 26.0 Å². The van der Waals surface area contributed by atoms with E-state index in [0.29, 0.717) is 29.0 Å². The molecule has 0 saturated heterocycles. The SMILES string of the molecule is CNCc1ccc(Br)c(S(=O)(=O)N2CC=CCC2)c1. The lowest BCUT2D eigenvalue weighted by molar-refractivity contribution is 0.437. The van der Waals surface area contributed by atoms with Gasteiger partial charge in [-0.25, -0.2) is 8.42 Å². The summed E-state index contributed by atoms with van der Waals surface area (Å²) in [6, 6.07) is 5.43. The van der Waals surface area contributed by atoms with Gasteiger partial charge in [-0.3, -0.25) is 0 Å². The molecule has 1 aromatic rings. The van der Waals surface area contributed by atoms with E-state index in [1.807, 2.05) is 25.3 Å². The van der Waals surface area contributed by atoms with Crippen LogP contribution in [-0.4, -0.2) is 32.9 Å². The molecule has 0 aromatic heterocycles. The Labute approximate surface area is 122 Å². The zero-order valence-electron chi connectivity index (χ0n) is 10.8. The normalized spacial score (nSPS) is 16.7. The lowest BCUT2D eigenvalue weighted by Gasteiger charge is -2.23. The van der Waals surface area contributed by atoms with E-state index >= 15 is 0 Å². The lowest BCUT2D eigenvalue weighted by Crippen LogP contribution is -2.34. The maximum atomic E-state index is 12.6. The van der Waals surface area contributed by atoms with Gasteiger partial charge in [0.1, 0.15) is 0 Å². The highest BCUT2D eigenvalue weighted by molar-refractivity contribution is 9.10. The second kappa shape index (κ2) is 6.17. The third-order valence-corrected chi connectivity index (χ3v) is 5.87. The van der Waals surface area contributed by atoms with E-state index in [-0.39, 0.29) is 0 Å². The first kappa shape index (κ1) is 14.7. The Morgan fingerprint density at radius 2 is 2.16 bits per heavy atom. The second-order valence-electron chi connectivity index (χ2n) is 4.42. The van der Waals surface area contributed by atoms with E-state index in [1.165, 1.54) is 4.31 Å². The predicted molar refractivity (Wildman–Crippen MR) is 79.4 cm³/mol. The van der Waals surface area contributed by atoms with E-state index in [0.717, 1.165) is 12.0 Å². The molecule has 6 heteroatoms. The first-order valence-electron chi connectivity index (χ1n) is 6.14. The van der Waals surface area contributed by atoms with Crippen LogP contribution in [0.15, 0.2) is 39.7 Å². The fraction of sp³-hybridized carbons (Fsp3) is 0.385. The molecule has 0 atom stereocenters. The molecule has 2 rings (SSSR count). The van der Waals surface area contributed by atoms with Crippen LogP contribution in [0, 0.1) is 0 Å². The first-order chi connectivity index (χ1) is 9.05. The van der Waals surface area contributed by atoms with Crippen LogP contribution in [0.4, 0.5) is 0 Å². The van der Waals surface area contributed by atoms with Crippen molar-refractivity contribution in [3.8, 4) is 0 Å². The third kappa shape index (κ3) is 3.25. The van der Waals surface area contributed by atoms with E-state index in [1.54, 1.807) is 12.1 Å². The summed E-state index contributed by atoms with van der Waals surface area (Å²) >= 11 is 3.34. The Morgan fingerprint density at radius 1 is 1.37 bits per heavy atom. The standard InChI is InChI=1S/C13H17BrN2O2S/c1-15-10-11-5-6-12(14)13(9-11)19(17,18)16-7-3-2-4-8-16/h2-3,5-6,9,15H,4,7-8,10H2,1H3. The van der Waals surface area contributed by atoms with Gasteiger partial charge in [0.15, 0.2) is 0 Å². The van der Waals surface area contributed by atoms with Crippen molar-refractivity contribution in [1.29, 1.82) is 0 Å². The molecule has 0 amide bonds. The Hall–Kier alpha value is -0.690. The molecule has 19 heavy (non-hydrogen) atoms. The lowest BCUT2D eigenvalue weighted by atomic mass is 10.2. The molecule has 1 aromatic carbocycles. The van der Waals surface area contributed by atoms with E-state index < -0.39 is 10.0 Å². The molecule has 0 bridgehead atoms. The molecule has 0 unspecified atom stereocenters. The van der Waals surface area contributed by atoms with Gasteiger partial charge < -0.3 is 5.32 Å². The number of sulfonamides is 1. The minimum Gasteiger partial charge on any atom is -0.316 e. The number of rotatable bonds is 4. The quantitative estimate of drug-likeness (QED) is 0.851. The van der Waals surface area contributed by atoms with E-state index in [4.69, 9.17) is 0 Å². The minimum atomic E-state index is -3.43. The Kier molecular flexibility index (Phi) is 4.78. The molecule has 0 radical (unpaired) electrons.